The number of hydrogen-bond donors (Lipinski definition) is 2. The fourth-order valence-electron chi connectivity index (χ4n) is 1.96. The largest absolute Gasteiger partial charge is 0.365 e. The lowest BCUT2D eigenvalue weighted by Crippen LogP contribution is -2.48. The molecule has 2 amide bonds. The predicted octanol–water partition coefficient (Wildman–Crippen LogP) is 0.164. The summed E-state index contributed by atoms with van der Waals surface area (Å²) in [4.78, 5) is 27.8. The molecule has 1 aliphatic rings. The van der Waals surface area contributed by atoms with E-state index in [9.17, 15) is 9.59 Å². The molecule has 1 saturated heterocycles. The van der Waals surface area contributed by atoms with Crippen molar-refractivity contribution < 1.29 is 14.3 Å². The van der Waals surface area contributed by atoms with Crippen LogP contribution >= 0.6 is 0 Å². The maximum absolute atomic E-state index is 11.9. The van der Waals surface area contributed by atoms with Crippen LogP contribution in [0.15, 0.2) is 12.1 Å². The lowest BCUT2D eigenvalue weighted by atomic mass is 10.2. The molecular formula is C13H19N3O3. The molecule has 104 valence electrons. The number of rotatable bonds is 4. The molecule has 0 spiro atoms. The number of H-pyrrole nitrogens is 1. The molecule has 19 heavy (non-hydrogen) atoms. The van der Waals surface area contributed by atoms with Gasteiger partial charge in [0.15, 0.2) is 0 Å². The number of aromatic amines is 1. The summed E-state index contributed by atoms with van der Waals surface area (Å²) < 4.78 is 5.36. The van der Waals surface area contributed by atoms with Crippen molar-refractivity contribution in [1.29, 1.82) is 0 Å². The van der Waals surface area contributed by atoms with E-state index >= 15 is 0 Å². The van der Waals surface area contributed by atoms with Crippen molar-refractivity contribution in [2.45, 2.75) is 19.4 Å². The van der Waals surface area contributed by atoms with Crippen LogP contribution in [0.3, 0.4) is 0 Å². The minimum Gasteiger partial charge on any atom is -0.365 e. The zero-order valence-corrected chi connectivity index (χ0v) is 11.2. The van der Waals surface area contributed by atoms with Gasteiger partial charge in [-0.05, 0) is 18.6 Å². The number of nitrogens with one attached hydrogen (secondary N) is 2. The topological polar surface area (TPSA) is 74.4 Å². The van der Waals surface area contributed by atoms with E-state index in [0.717, 1.165) is 12.1 Å². The van der Waals surface area contributed by atoms with Crippen LogP contribution in [0.1, 0.15) is 23.1 Å². The first-order valence-electron chi connectivity index (χ1n) is 6.41. The van der Waals surface area contributed by atoms with Crippen molar-refractivity contribution in [2.24, 2.45) is 0 Å². The average molecular weight is 265 g/mol. The van der Waals surface area contributed by atoms with Crippen LogP contribution in [-0.2, 0) is 16.0 Å². The van der Waals surface area contributed by atoms with E-state index in [4.69, 9.17) is 4.74 Å². The van der Waals surface area contributed by atoms with Crippen molar-refractivity contribution in [1.82, 2.24) is 15.2 Å². The molecule has 2 heterocycles. The Kier molecular flexibility index (Phi) is 4.21. The fraction of sp³-hybridized carbons (Fsp3) is 0.538. The second-order valence-corrected chi connectivity index (χ2v) is 4.67. The molecule has 1 unspecified atom stereocenters. The highest BCUT2D eigenvalue weighted by Gasteiger charge is 2.23. The summed E-state index contributed by atoms with van der Waals surface area (Å²) in [5.74, 6) is -0.178. The fourth-order valence-corrected chi connectivity index (χ4v) is 1.96. The number of carbonyl (C=O) groups is 2. The summed E-state index contributed by atoms with van der Waals surface area (Å²) in [6.45, 7) is 3.01. The van der Waals surface area contributed by atoms with Crippen LogP contribution in [0.2, 0.25) is 0 Å². The third kappa shape index (κ3) is 3.35. The number of nitrogens with zero attached hydrogens (tertiary/aromatic N) is 1. The van der Waals surface area contributed by atoms with Crippen LogP contribution < -0.4 is 5.32 Å². The first-order chi connectivity index (χ1) is 9.10. The van der Waals surface area contributed by atoms with Crippen LogP contribution in [0, 0.1) is 0 Å². The lowest BCUT2D eigenvalue weighted by Gasteiger charge is -2.29. The standard InChI is InChI=1S/C13H19N3O3/c1-3-9-4-5-11(15-9)13(18)14-6-10-7-16(2)12(17)8-19-10/h4-5,10,15H,3,6-8H2,1-2H3,(H,14,18). The van der Waals surface area contributed by atoms with Crippen molar-refractivity contribution in [3.8, 4) is 0 Å². The van der Waals surface area contributed by atoms with Gasteiger partial charge in [0.05, 0.1) is 6.10 Å². The second-order valence-electron chi connectivity index (χ2n) is 4.67. The summed E-state index contributed by atoms with van der Waals surface area (Å²) >= 11 is 0. The molecule has 6 heteroatoms. The molecule has 0 aliphatic carbocycles. The van der Waals surface area contributed by atoms with E-state index in [0.29, 0.717) is 18.8 Å². The average Bonchev–Trinajstić information content (AvgIpc) is 2.88. The molecule has 0 bridgehead atoms. The number of amides is 2. The van der Waals surface area contributed by atoms with Crippen LogP contribution in [-0.4, -0.2) is 54.5 Å². The van der Waals surface area contributed by atoms with Gasteiger partial charge < -0.3 is 19.9 Å². The maximum atomic E-state index is 11.9. The predicted molar refractivity (Wildman–Crippen MR) is 69.9 cm³/mol. The van der Waals surface area contributed by atoms with Gasteiger partial charge in [-0.15, -0.1) is 0 Å². The van der Waals surface area contributed by atoms with E-state index in [1.807, 2.05) is 13.0 Å². The number of ether oxygens (including phenoxy) is 1. The van der Waals surface area contributed by atoms with Gasteiger partial charge in [0.25, 0.3) is 5.91 Å². The summed E-state index contributed by atoms with van der Waals surface area (Å²) in [5.41, 5.74) is 1.58. The maximum Gasteiger partial charge on any atom is 0.267 e. The van der Waals surface area contributed by atoms with Gasteiger partial charge in [-0.1, -0.05) is 6.92 Å². The quantitative estimate of drug-likeness (QED) is 0.814. The minimum atomic E-state index is -0.150. The SMILES string of the molecule is CCc1ccc(C(=O)NCC2CN(C)C(=O)CO2)[nH]1. The molecule has 0 saturated carbocycles. The number of morpholine rings is 1. The summed E-state index contributed by atoms with van der Waals surface area (Å²) in [7, 11) is 1.73. The molecule has 0 radical (unpaired) electrons. The van der Waals surface area contributed by atoms with Gasteiger partial charge >= 0.3 is 0 Å². The van der Waals surface area contributed by atoms with Crippen LogP contribution in [0.4, 0.5) is 0 Å². The molecule has 1 aromatic heterocycles. The van der Waals surface area contributed by atoms with Gasteiger partial charge in [-0.25, -0.2) is 0 Å². The molecule has 2 rings (SSSR count). The Bertz CT molecular complexity index is 469. The first-order valence-corrected chi connectivity index (χ1v) is 6.41. The van der Waals surface area contributed by atoms with E-state index in [-0.39, 0.29) is 24.5 Å². The number of aryl methyl sites for hydroxylation is 1. The molecule has 6 nitrogen and oxygen atoms in total. The molecule has 1 aliphatic heterocycles. The van der Waals surface area contributed by atoms with Crippen molar-refractivity contribution in [3.05, 3.63) is 23.5 Å². The smallest absolute Gasteiger partial charge is 0.267 e. The normalized spacial score (nSPS) is 19.6. The van der Waals surface area contributed by atoms with Crippen LogP contribution in [0.5, 0.6) is 0 Å². The lowest BCUT2D eigenvalue weighted by molar-refractivity contribution is -0.146. The summed E-state index contributed by atoms with van der Waals surface area (Å²) in [6, 6.07) is 3.67. The van der Waals surface area contributed by atoms with E-state index in [1.165, 1.54) is 0 Å². The third-order valence-electron chi connectivity index (χ3n) is 3.21. The Morgan fingerprint density at radius 1 is 1.58 bits per heavy atom. The summed E-state index contributed by atoms with van der Waals surface area (Å²) in [5, 5.41) is 2.81. The first kappa shape index (κ1) is 13.6. The zero-order valence-electron chi connectivity index (χ0n) is 11.2. The van der Waals surface area contributed by atoms with Gasteiger partial charge in [0, 0.05) is 25.8 Å². The highest BCUT2D eigenvalue weighted by Crippen LogP contribution is 2.05. The summed E-state index contributed by atoms with van der Waals surface area (Å²) in [6.07, 6.45) is 0.721. The molecule has 1 aromatic rings. The minimum absolute atomic E-state index is 0.0282. The molecule has 1 atom stereocenters. The highest BCUT2D eigenvalue weighted by atomic mass is 16.5. The number of aromatic nitrogens is 1. The van der Waals surface area contributed by atoms with E-state index in [1.54, 1.807) is 18.0 Å². The van der Waals surface area contributed by atoms with Gasteiger partial charge in [0.1, 0.15) is 12.3 Å². The van der Waals surface area contributed by atoms with E-state index in [2.05, 4.69) is 10.3 Å². The van der Waals surface area contributed by atoms with Crippen LogP contribution in [0.25, 0.3) is 0 Å². The Hall–Kier alpha value is -1.82. The Morgan fingerprint density at radius 3 is 3.00 bits per heavy atom. The number of likely N-dealkylation sites (N-methyl/N-ethyl adjacent to an activating group) is 1. The second kappa shape index (κ2) is 5.88. The van der Waals surface area contributed by atoms with E-state index < -0.39 is 0 Å². The number of carbonyl (C=O) groups excluding carboxylic acids is 2. The van der Waals surface area contributed by atoms with Crippen molar-refractivity contribution >= 4 is 11.8 Å². The Morgan fingerprint density at radius 2 is 2.37 bits per heavy atom. The zero-order chi connectivity index (χ0) is 13.8. The Labute approximate surface area is 112 Å². The highest BCUT2D eigenvalue weighted by molar-refractivity contribution is 5.92. The van der Waals surface area contributed by atoms with Gasteiger partial charge in [0.2, 0.25) is 5.91 Å². The van der Waals surface area contributed by atoms with Gasteiger partial charge in [-0.2, -0.15) is 0 Å². The monoisotopic (exact) mass is 265 g/mol. The molecule has 2 N–H and O–H groups in total. The molecular weight excluding hydrogens is 246 g/mol. The van der Waals surface area contributed by atoms with Crippen molar-refractivity contribution in [2.75, 3.05) is 26.7 Å². The third-order valence-corrected chi connectivity index (χ3v) is 3.21. The number of hydrogen-bond acceptors (Lipinski definition) is 3. The Balaban J connectivity index is 1.82. The molecule has 1 fully saturated rings. The van der Waals surface area contributed by atoms with Gasteiger partial charge in [-0.3, -0.25) is 9.59 Å². The van der Waals surface area contributed by atoms with Crippen molar-refractivity contribution in [3.63, 3.8) is 0 Å². The molecule has 0 aromatic carbocycles.